The van der Waals surface area contributed by atoms with Gasteiger partial charge in [-0.05, 0) is 30.2 Å². The van der Waals surface area contributed by atoms with E-state index in [-0.39, 0.29) is 11.6 Å². The summed E-state index contributed by atoms with van der Waals surface area (Å²) in [4.78, 5) is 3.13. The number of aromatic nitrogens is 1. The summed E-state index contributed by atoms with van der Waals surface area (Å²) in [6, 6.07) is 5.23. The van der Waals surface area contributed by atoms with E-state index in [1.165, 1.54) is 7.11 Å². The van der Waals surface area contributed by atoms with Crippen LogP contribution in [0.4, 0.5) is 0 Å². The zero-order chi connectivity index (χ0) is 11.5. The molecule has 0 bridgehead atoms. The number of methoxy groups -OCH3 is 1. The Morgan fingerprint density at radius 2 is 2.31 bits per heavy atom. The second kappa shape index (κ2) is 4.26. The molecule has 0 aliphatic heterocycles. The lowest BCUT2D eigenvalue weighted by Gasteiger charge is -2.01. The summed E-state index contributed by atoms with van der Waals surface area (Å²) >= 11 is 0. The van der Waals surface area contributed by atoms with Gasteiger partial charge in [-0.1, -0.05) is 0 Å². The van der Waals surface area contributed by atoms with Gasteiger partial charge in [0.25, 0.3) is 0 Å². The lowest BCUT2D eigenvalue weighted by Crippen LogP contribution is -2.00. The Labute approximate surface area is 93.4 Å². The molecule has 0 aliphatic carbocycles. The van der Waals surface area contributed by atoms with Gasteiger partial charge in [-0.3, -0.25) is 5.41 Å². The first-order valence-corrected chi connectivity index (χ1v) is 5.11. The van der Waals surface area contributed by atoms with Crippen LogP contribution >= 0.6 is 0 Å². The van der Waals surface area contributed by atoms with Gasteiger partial charge < -0.3 is 14.8 Å². The van der Waals surface area contributed by atoms with Crippen LogP contribution in [-0.4, -0.2) is 23.1 Å². The van der Waals surface area contributed by atoms with Crippen LogP contribution in [0.15, 0.2) is 24.4 Å². The smallest absolute Gasteiger partial charge is 0.180 e. The topological polar surface area (TPSA) is 69.1 Å². The summed E-state index contributed by atoms with van der Waals surface area (Å²) in [6.45, 7) is 0. The number of hydrogen-bond acceptors (Lipinski definition) is 3. The van der Waals surface area contributed by atoms with Crippen LogP contribution in [0, 0.1) is 5.41 Å². The third-order valence-corrected chi connectivity index (χ3v) is 2.62. The Hall–Kier alpha value is -1.97. The average Bonchev–Trinajstić information content (AvgIpc) is 2.68. The van der Waals surface area contributed by atoms with Crippen molar-refractivity contribution in [2.24, 2.45) is 0 Å². The highest BCUT2D eigenvalue weighted by Gasteiger charge is 2.05. The number of aromatic amines is 1. The van der Waals surface area contributed by atoms with Gasteiger partial charge in [0.15, 0.2) is 5.90 Å². The van der Waals surface area contributed by atoms with Gasteiger partial charge in [0, 0.05) is 23.5 Å². The van der Waals surface area contributed by atoms with Crippen LogP contribution < -0.4 is 0 Å². The van der Waals surface area contributed by atoms with E-state index in [9.17, 15) is 5.11 Å². The highest BCUT2D eigenvalue weighted by Crippen LogP contribution is 2.23. The molecular weight excluding hydrogens is 204 g/mol. The molecule has 16 heavy (non-hydrogen) atoms. The van der Waals surface area contributed by atoms with Crippen LogP contribution in [0.3, 0.4) is 0 Å². The van der Waals surface area contributed by atoms with E-state index >= 15 is 0 Å². The number of hydrogen-bond donors (Lipinski definition) is 3. The molecule has 3 N–H and O–H groups in total. The Bertz CT molecular complexity index is 517. The lowest BCUT2D eigenvalue weighted by atomic mass is 10.1. The fraction of sp³-hybridized carbons (Fsp3) is 0.250. The molecular formula is C12H14N2O2. The SMILES string of the molecule is COC(=N)CCc1c[nH]c2ccc(O)cc12. The Morgan fingerprint density at radius 1 is 1.50 bits per heavy atom. The van der Waals surface area contributed by atoms with Crippen molar-refractivity contribution < 1.29 is 9.84 Å². The quantitative estimate of drug-likeness (QED) is 0.547. The van der Waals surface area contributed by atoms with E-state index in [4.69, 9.17) is 10.1 Å². The van der Waals surface area contributed by atoms with Crippen LogP contribution in [0.1, 0.15) is 12.0 Å². The molecule has 0 saturated carbocycles. The number of aryl methyl sites for hydroxylation is 1. The predicted octanol–water partition coefficient (Wildman–Crippen LogP) is 2.43. The minimum Gasteiger partial charge on any atom is -0.508 e. The van der Waals surface area contributed by atoms with Crippen molar-refractivity contribution in [3.8, 4) is 5.75 Å². The number of aromatic hydroxyl groups is 1. The molecule has 2 rings (SSSR count). The number of phenols is 1. The summed E-state index contributed by atoms with van der Waals surface area (Å²) in [5.41, 5.74) is 2.09. The fourth-order valence-electron chi connectivity index (χ4n) is 1.72. The molecule has 0 radical (unpaired) electrons. The molecule has 1 aromatic carbocycles. The summed E-state index contributed by atoms with van der Waals surface area (Å²) in [5.74, 6) is 0.532. The standard InChI is InChI=1S/C12H14N2O2/c1-16-12(13)5-2-8-7-14-11-4-3-9(15)6-10(8)11/h3-4,6-7,13-15H,2,5H2,1H3. The number of ether oxygens (including phenoxy) is 1. The van der Waals surface area contributed by atoms with Crippen molar-refractivity contribution in [1.29, 1.82) is 5.41 Å². The van der Waals surface area contributed by atoms with Crippen molar-refractivity contribution in [1.82, 2.24) is 4.98 Å². The van der Waals surface area contributed by atoms with E-state index in [1.807, 2.05) is 12.3 Å². The maximum atomic E-state index is 9.42. The number of phenolic OH excluding ortho intramolecular Hbond substituents is 1. The first kappa shape index (κ1) is 10.5. The summed E-state index contributed by atoms with van der Waals surface area (Å²) in [7, 11) is 1.50. The fourth-order valence-corrected chi connectivity index (χ4v) is 1.72. The van der Waals surface area contributed by atoms with Crippen molar-refractivity contribution >= 4 is 16.8 Å². The molecule has 0 fully saturated rings. The van der Waals surface area contributed by atoms with E-state index in [1.54, 1.807) is 12.1 Å². The summed E-state index contributed by atoms with van der Waals surface area (Å²) in [5, 5.41) is 17.8. The predicted molar refractivity (Wildman–Crippen MR) is 63.0 cm³/mol. The molecule has 0 spiro atoms. The first-order valence-electron chi connectivity index (χ1n) is 5.11. The zero-order valence-corrected chi connectivity index (χ0v) is 9.08. The maximum Gasteiger partial charge on any atom is 0.180 e. The number of fused-ring (bicyclic) bond motifs is 1. The van der Waals surface area contributed by atoms with Gasteiger partial charge in [-0.25, -0.2) is 0 Å². The molecule has 1 aromatic heterocycles. The van der Waals surface area contributed by atoms with Crippen molar-refractivity contribution in [3.63, 3.8) is 0 Å². The minimum absolute atomic E-state index is 0.259. The molecule has 4 nitrogen and oxygen atoms in total. The van der Waals surface area contributed by atoms with Crippen LogP contribution in [0.25, 0.3) is 10.9 Å². The van der Waals surface area contributed by atoms with Crippen LogP contribution in [-0.2, 0) is 11.2 Å². The van der Waals surface area contributed by atoms with Gasteiger partial charge >= 0.3 is 0 Å². The van der Waals surface area contributed by atoms with Gasteiger partial charge in [-0.2, -0.15) is 0 Å². The summed E-state index contributed by atoms with van der Waals surface area (Å²) in [6.07, 6.45) is 3.21. The molecule has 0 saturated heterocycles. The van der Waals surface area contributed by atoms with E-state index < -0.39 is 0 Å². The van der Waals surface area contributed by atoms with E-state index in [2.05, 4.69) is 4.98 Å². The molecule has 0 aliphatic rings. The Kier molecular flexibility index (Phi) is 2.81. The number of nitrogens with one attached hydrogen (secondary N) is 2. The van der Waals surface area contributed by atoms with Crippen molar-refractivity contribution in [3.05, 3.63) is 30.0 Å². The third kappa shape index (κ3) is 2.00. The highest BCUT2D eigenvalue weighted by molar-refractivity contribution is 5.85. The Balaban J connectivity index is 2.24. The maximum absolute atomic E-state index is 9.42. The largest absolute Gasteiger partial charge is 0.508 e. The van der Waals surface area contributed by atoms with Crippen LogP contribution in [0.5, 0.6) is 5.75 Å². The van der Waals surface area contributed by atoms with Crippen molar-refractivity contribution in [2.45, 2.75) is 12.8 Å². The summed E-state index contributed by atoms with van der Waals surface area (Å²) < 4.78 is 4.81. The molecule has 84 valence electrons. The zero-order valence-electron chi connectivity index (χ0n) is 9.08. The molecule has 0 unspecified atom stereocenters. The minimum atomic E-state index is 0.259. The number of benzene rings is 1. The second-order valence-electron chi connectivity index (χ2n) is 3.67. The van der Waals surface area contributed by atoms with Gasteiger partial charge in [-0.15, -0.1) is 0 Å². The van der Waals surface area contributed by atoms with E-state index in [0.29, 0.717) is 6.42 Å². The molecule has 0 atom stereocenters. The van der Waals surface area contributed by atoms with Gasteiger partial charge in [0.1, 0.15) is 5.75 Å². The van der Waals surface area contributed by atoms with Crippen LogP contribution in [0.2, 0.25) is 0 Å². The second-order valence-corrected chi connectivity index (χ2v) is 3.67. The van der Waals surface area contributed by atoms with E-state index in [0.717, 1.165) is 22.9 Å². The molecule has 1 heterocycles. The first-order chi connectivity index (χ1) is 7.70. The monoisotopic (exact) mass is 218 g/mol. The number of H-pyrrole nitrogens is 1. The highest BCUT2D eigenvalue weighted by atomic mass is 16.5. The molecule has 0 amide bonds. The van der Waals surface area contributed by atoms with Gasteiger partial charge in [0.2, 0.25) is 0 Å². The number of rotatable bonds is 3. The molecule has 4 heteroatoms. The molecule has 2 aromatic rings. The lowest BCUT2D eigenvalue weighted by molar-refractivity contribution is 0.386. The van der Waals surface area contributed by atoms with Gasteiger partial charge in [0.05, 0.1) is 7.11 Å². The van der Waals surface area contributed by atoms with Crippen molar-refractivity contribution in [2.75, 3.05) is 7.11 Å². The third-order valence-electron chi connectivity index (χ3n) is 2.62. The average molecular weight is 218 g/mol. The normalized spacial score (nSPS) is 10.6. The Morgan fingerprint density at radius 3 is 3.06 bits per heavy atom.